The van der Waals surface area contributed by atoms with E-state index in [0.717, 1.165) is 5.56 Å². The predicted octanol–water partition coefficient (Wildman–Crippen LogP) is 0.661. The first-order valence-electron chi connectivity index (χ1n) is 6.45. The Kier molecular flexibility index (Phi) is 4.74. The molecule has 0 amide bonds. The van der Waals surface area contributed by atoms with Crippen LogP contribution in [0.3, 0.4) is 0 Å². The highest BCUT2D eigenvalue weighted by molar-refractivity contribution is 7.89. The average Bonchev–Trinajstić information content (AvgIpc) is 2.38. The number of β-amino-alcohol motifs (C(OH)–C–C–N with tert-alkyl or cyclic N) is 1. The predicted molar refractivity (Wildman–Crippen MR) is 80.9 cm³/mol. The van der Waals surface area contributed by atoms with Crippen molar-refractivity contribution in [1.82, 2.24) is 4.31 Å². The van der Waals surface area contributed by atoms with Gasteiger partial charge in [-0.2, -0.15) is 4.31 Å². The van der Waals surface area contributed by atoms with Gasteiger partial charge in [0, 0.05) is 19.5 Å². The number of aliphatic hydroxyl groups excluding tert-OH is 1. The van der Waals surface area contributed by atoms with Crippen LogP contribution >= 0.6 is 12.2 Å². The number of nitrogens with two attached hydrogens (primary N) is 1. The number of benzene rings is 1. The van der Waals surface area contributed by atoms with Crippen molar-refractivity contribution in [2.24, 2.45) is 5.73 Å². The summed E-state index contributed by atoms with van der Waals surface area (Å²) in [6.07, 6.45) is 1.21. The SMILES string of the molecule is NC(=S)Cc1ccc(S(=O)(=O)N2CCCC(O)C2)cc1. The molecular formula is C13H18N2O3S2. The highest BCUT2D eigenvalue weighted by atomic mass is 32.2. The molecule has 0 aliphatic carbocycles. The molecule has 110 valence electrons. The quantitative estimate of drug-likeness (QED) is 0.798. The number of nitrogens with zero attached hydrogens (tertiary/aromatic N) is 1. The largest absolute Gasteiger partial charge is 0.393 e. The Labute approximate surface area is 124 Å². The van der Waals surface area contributed by atoms with Crippen LogP contribution in [0, 0.1) is 0 Å². The molecule has 1 aliphatic heterocycles. The van der Waals surface area contributed by atoms with Gasteiger partial charge in [-0.15, -0.1) is 0 Å². The zero-order valence-corrected chi connectivity index (χ0v) is 12.7. The standard InChI is InChI=1S/C13H18N2O3S2/c14-13(19)8-10-3-5-12(6-4-10)20(17,18)15-7-1-2-11(16)9-15/h3-6,11,16H,1-2,7-9H2,(H2,14,19). The van der Waals surface area contributed by atoms with E-state index in [1.165, 1.54) is 4.31 Å². The molecule has 7 heteroatoms. The smallest absolute Gasteiger partial charge is 0.243 e. The van der Waals surface area contributed by atoms with Gasteiger partial charge in [0.25, 0.3) is 0 Å². The highest BCUT2D eigenvalue weighted by Gasteiger charge is 2.29. The van der Waals surface area contributed by atoms with Crippen molar-refractivity contribution in [3.05, 3.63) is 29.8 Å². The van der Waals surface area contributed by atoms with Gasteiger partial charge < -0.3 is 10.8 Å². The van der Waals surface area contributed by atoms with Crippen LogP contribution in [0.25, 0.3) is 0 Å². The second kappa shape index (κ2) is 6.17. The van der Waals surface area contributed by atoms with Crippen LogP contribution in [0.5, 0.6) is 0 Å². The van der Waals surface area contributed by atoms with Gasteiger partial charge in [-0.1, -0.05) is 24.4 Å². The van der Waals surface area contributed by atoms with Gasteiger partial charge in [0.05, 0.1) is 16.0 Å². The summed E-state index contributed by atoms with van der Waals surface area (Å²) in [5.41, 5.74) is 6.34. The Morgan fingerprint density at radius 1 is 1.40 bits per heavy atom. The molecule has 1 aliphatic rings. The van der Waals surface area contributed by atoms with E-state index in [4.69, 9.17) is 18.0 Å². The summed E-state index contributed by atoms with van der Waals surface area (Å²) in [5, 5.41) is 9.60. The van der Waals surface area contributed by atoms with Gasteiger partial charge in [0.1, 0.15) is 0 Å². The second-order valence-corrected chi connectivity index (χ2v) is 7.41. The topological polar surface area (TPSA) is 83.6 Å². The first-order chi connectivity index (χ1) is 9.39. The number of sulfonamides is 1. The number of aliphatic hydroxyl groups is 1. The van der Waals surface area contributed by atoms with E-state index >= 15 is 0 Å². The molecule has 0 spiro atoms. The summed E-state index contributed by atoms with van der Waals surface area (Å²) in [6, 6.07) is 6.55. The Bertz CT molecular complexity index is 584. The number of piperidine rings is 1. The monoisotopic (exact) mass is 314 g/mol. The minimum absolute atomic E-state index is 0.164. The summed E-state index contributed by atoms with van der Waals surface area (Å²) in [5.74, 6) is 0. The van der Waals surface area contributed by atoms with Crippen LogP contribution < -0.4 is 5.73 Å². The van der Waals surface area contributed by atoms with E-state index in [9.17, 15) is 13.5 Å². The molecule has 3 N–H and O–H groups in total. The van der Waals surface area contributed by atoms with E-state index in [2.05, 4.69) is 0 Å². The maximum Gasteiger partial charge on any atom is 0.243 e. The van der Waals surface area contributed by atoms with Gasteiger partial charge in [-0.3, -0.25) is 0 Å². The molecule has 0 aromatic heterocycles. The summed E-state index contributed by atoms with van der Waals surface area (Å²) in [4.78, 5) is 0.609. The molecule has 0 radical (unpaired) electrons. The van der Waals surface area contributed by atoms with E-state index < -0.39 is 16.1 Å². The zero-order valence-electron chi connectivity index (χ0n) is 11.0. The molecule has 1 aromatic carbocycles. The van der Waals surface area contributed by atoms with E-state index in [1.807, 2.05) is 0 Å². The maximum atomic E-state index is 12.4. The molecule has 2 rings (SSSR count). The Balaban J connectivity index is 2.19. The third-order valence-corrected chi connectivity index (χ3v) is 5.32. The fourth-order valence-electron chi connectivity index (χ4n) is 2.27. The molecule has 1 heterocycles. The first-order valence-corrected chi connectivity index (χ1v) is 8.30. The number of rotatable bonds is 4. The Morgan fingerprint density at radius 3 is 2.60 bits per heavy atom. The molecule has 1 unspecified atom stereocenters. The van der Waals surface area contributed by atoms with Crippen LogP contribution in [0.4, 0.5) is 0 Å². The van der Waals surface area contributed by atoms with Crippen molar-refractivity contribution in [2.45, 2.75) is 30.3 Å². The lowest BCUT2D eigenvalue weighted by Gasteiger charge is -2.29. The summed E-state index contributed by atoms with van der Waals surface area (Å²) in [7, 11) is -3.53. The average molecular weight is 314 g/mol. The fraction of sp³-hybridized carbons (Fsp3) is 0.462. The van der Waals surface area contributed by atoms with Crippen LogP contribution in [0.15, 0.2) is 29.2 Å². The van der Waals surface area contributed by atoms with Gasteiger partial charge in [0.15, 0.2) is 0 Å². The summed E-state index contributed by atoms with van der Waals surface area (Å²) in [6.45, 7) is 0.616. The van der Waals surface area contributed by atoms with Crippen molar-refractivity contribution in [2.75, 3.05) is 13.1 Å². The van der Waals surface area contributed by atoms with Gasteiger partial charge in [-0.05, 0) is 30.5 Å². The normalized spacial score (nSPS) is 20.8. The third kappa shape index (κ3) is 3.54. The van der Waals surface area contributed by atoms with Crippen molar-refractivity contribution >= 4 is 27.2 Å². The van der Waals surface area contributed by atoms with Crippen LogP contribution in [0.1, 0.15) is 18.4 Å². The number of hydrogen-bond acceptors (Lipinski definition) is 4. The molecule has 1 aromatic rings. The molecule has 5 nitrogen and oxygen atoms in total. The van der Waals surface area contributed by atoms with Crippen molar-refractivity contribution in [1.29, 1.82) is 0 Å². The molecule has 1 fully saturated rings. The summed E-state index contributed by atoms with van der Waals surface area (Å²) >= 11 is 4.82. The van der Waals surface area contributed by atoms with Crippen LogP contribution in [-0.2, 0) is 16.4 Å². The maximum absolute atomic E-state index is 12.4. The zero-order chi connectivity index (χ0) is 14.8. The number of hydrogen-bond donors (Lipinski definition) is 2. The molecular weight excluding hydrogens is 296 g/mol. The Morgan fingerprint density at radius 2 is 2.05 bits per heavy atom. The highest BCUT2D eigenvalue weighted by Crippen LogP contribution is 2.21. The fourth-order valence-corrected chi connectivity index (χ4v) is 3.95. The minimum Gasteiger partial charge on any atom is -0.393 e. The van der Waals surface area contributed by atoms with Crippen LogP contribution in [-0.4, -0.2) is 42.0 Å². The lowest BCUT2D eigenvalue weighted by molar-refractivity contribution is 0.108. The van der Waals surface area contributed by atoms with E-state index in [1.54, 1.807) is 24.3 Å². The molecule has 0 saturated carbocycles. The minimum atomic E-state index is -3.53. The Hall–Kier alpha value is -1.02. The second-order valence-electron chi connectivity index (χ2n) is 4.95. The lowest BCUT2D eigenvalue weighted by Crippen LogP contribution is -2.42. The van der Waals surface area contributed by atoms with Crippen molar-refractivity contribution in [3.8, 4) is 0 Å². The van der Waals surface area contributed by atoms with E-state index in [-0.39, 0.29) is 11.4 Å². The van der Waals surface area contributed by atoms with Gasteiger partial charge in [-0.25, -0.2) is 8.42 Å². The lowest BCUT2D eigenvalue weighted by atomic mass is 10.1. The number of thiocarbonyl (C=S) groups is 1. The van der Waals surface area contributed by atoms with Crippen molar-refractivity contribution in [3.63, 3.8) is 0 Å². The van der Waals surface area contributed by atoms with E-state index in [0.29, 0.717) is 30.8 Å². The molecule has 1 atom stereocenters. The molecule has 1 saturated heterocycles. The first kappa shape index (κ1) is 15.4. The molecule has 0 bridgehead atoms. The molecule has 20 heavy (non-hydrogen) atoms. The third-order valence-electron chi connectivity index (χ3n) is 3.30. The van der Waals surface area contributed by atoms with Crippen molar-refractivity contribution < 1.29 is 13.5 Å². The van der Waals surface area contributed by atoms with Gasteiger partial charge >= 0.3 is 0 Å². The van der Waals surface area contributed by atoms with Crippen LogP contribution in [0.2, 0.25) is 0 Å². The van der Waals surface area contributed by atoms with Gasteiger partial charge in [0.2, 0.25) is 10.0 Å². The summed E-state index contributed by atoms with van der Waals surface area (Å²) < 4.78 is 26.2.